The Kier molecular flexibility index (Phi) is 6.68. The van der Waals surface area contributed by atoms with Crippen LogP contribution in [0.25, 0.3) is 0 Å². The van der Waals surface area contributed by atoms with Gasteiger partial charge in [0.2, 0.25) is 26.0 Å². The van der Waals surface area contributed by atoms with Gasteiger partial charge in [0.1, 0.15) is 0 Å². The Morgan fingerprint density at radius 2 is 1.45 bits per heavy atom. The minimum absolute atomic E-state index is 0.0101. The second kappa shape index (κ2) is 9.04. The number of benzene rings is 2. The zero-order valence-electron chi connectivity index (χ0n) is 15.7. The number of hydrogen-bond acceptors (Lipinski definition) is 5. The first-order valence-electron chi connectivity index (χ1n) is 9.19. The summed E-state index contributed by atoms with van der Waals surface area (Å²) in [6, 6.07) is 14.3. The summed E-state index contributed by atoms with van der Waals surface area (Å²) in [6.45, 7) is 0.309. The van der Waals surface area contributed by atoms with Crippen LogP contribution in [0.1, 0.15) is 24.8 Å². The van der Waals surface area contributed by atoms with Crippen LogP contribution in [0.5, 0.6) is 0 Å². The number of nitrogens with one attached hydrogen (secondary N) is 3. The molecule has 0 aliphatic heterocycles. The molecule has 0 atom stereocenters. The highest BCUT2D eigenvalue weighted by atomic mass is 32.2. The molecule has 1 fully saturated rings. The molecule has 1 aliphatic rings. The van der Waals surface area contributed by atoms with Crippen molar-refractivity contribution in [3.05, 3.63) is 60.2 Å². The van der Waals surface area contributed by atoms with Crippen molar-refractivity contribution in [2.24, 2.45) is 0 Å². The van der Waals surface area contributed by atoms with Crippen molar-refractivity contribution in [2.75, 3.05) is 6.54 Å². The Labute approximate surface area is 170 Å². The predicted molar refractivity (Wildman–Crippen MR) is 108 cm³/mol. The van der Waals surface area contributed by atoms with E-state index in [1.54, 1.807) is 0 Å². The summed E-state index contributed by atoms with van der Waals surface area (Å²) in [5.74, 6) is -0.274. The molecule has 0 saturated heterocycles. The summed E-state index contributed by atoms with van der Waals surface area (Å²) >= 11 is 0. The Hall–Kier alpha value is -2.27. The number of sulfonamides is 2. The van der Waals surface area contributed by atoms with E-state index in [0.29, 0.717) is 6.54 Å². The van der Waals surface area contributed by atoms with E-state index < -0.39 is 20.0 Å². The molecule has 0 aromatic heterocycles. The first kappa shape index (κ1) is 21.4. The molecular formula is C19H23N3O5S2. The van der Waals surface area contributed by atoms with Gasteiger partial charge < -0.3 is 5.32 Å². The molecule has 0 bridgehead atoms. The number of carbonyl (C=O) groups excluding carboxylic acids is 1. The minimum atomic E-state index is -3.84. The molecule has 0 radical (unpaired) electrons. The van der Waals surface area contributed by atoms with Gasteiger partial charge in [0.25, 0.3) is 0 Å². The van der Waals surface area contributed by atoms with Gasteiger partial charge in [0.15, 0.2) is 0 Å². The van der Waals surface area contributed by atoms with E-state index in [1.807, 2.05) is 30.3 Å². The Balaban J connectivity index is 1.49. The van der Waals surface area contributed by atoms with E-state index in [0.717, 1.165) is 18.4 Å². The molecule has 10 heteroatoms. The molecular weight excluding hydrogens is 414 g/mol. The van der Waals surface area contributed by atoms with Crippen LogP contribution in [0.2, 0.25) is 0 Å². The maximum absolute atomic E-state index is 12.3. The van der Waals surface area contributed by atoms with Gasteiger partial charge in [-0.05, 0) is 42.7 Å². The van der Waals surface area contributed by atoms with Crippen LogP contribution in [0, 0.1) is 0 Å². The minimum Gasteiger partial charge on any atom is -0.352 e. The van der Waals surface area contributed by atoms with E-state index in [9.17, 15) is 21.6 Å². The Bertz CT molecular complexity index is 1050. The molecule has 0 unspecified atom stereocenters. The lowest BCUT2D eigenvalue weighted by molar-refractivity contribution is -0.121. The summed E-state index contributed by atoms with van der Waals surface area (Å²) in [5.41, 5.74) is 0.952. The predicted octanol–water partition coefficient (Wildman–Crippen LogP) is 1.11. The van der Waals surface area contributed by atoms with E-state index in [4.69, 9.17) is 0 Å². The summed E-state index contributed by atoms with van der Waals surface area (Å²) in [4.78, 5) is 11.8. The number of carbonyl (C=O) groups is 1. The molecule has 8 nitrogen and oxygen atoms in total. The fraction of sp³-hybridized carbons (Fsp3) is 0.316. The van der Waals surface area contributed by atoms with E-state index in [2.05, 4.69) is 14.8 Å². The summed E-state index contributed by atoms with van der Waals surface area (Å²) in [5, 5.41) is 2.72. The SMILES string of the molecule is O=C(CCNS(=O)(=O)c1ccc(S(=O)(=O)NC2CC2)cc1)NCc1ccccc1. The Morgan fingerprint density at radius 1 is 0.862 bits per heavy atom. The molecule has 3 N–H and O–H groups in total. The second-order valence-corrected chi connectivity index (χ2v) is 10.3. The van der Waals surface area contributed by atoms with E-state index >= 15 is 0 Å². The zero-order chi connectivity index (χ0) is 20.9. The van der Waals surface area contributed by atoms with Crippen molar-refractivity contribution in [3.8, 4) is 0 Å². The number of amides is 1. The van der Waals surface area contributed by atoms with Crippen LogP contribution in [-0.4, -0.2) is 35.3 Å². The molecule has 1 aliphatic carbocycles. The van der Waals surface area contributed by atoms with Gasteiger partial charge in [-0.15, -0.1) is 0 Å². The molecule has 0 heterocycles. The summed E-state index contributed by atoms with van der Waals surface area (Å²) < 4.78 is 53.8. The largest absolute Gasteiger partial charge is 0.352 e. The third-order valence-electron chi connectivity index (χ3n) is 4.32. The lowest BCUT2D eigenvalue weighted by Crippen LogP contribution is -2.30. The molecule has 0 spiro atoms. The molecule has 2 aromatic carbocycles. The summed E-state index contributed by atoms with van der Waals surface area (Å²) in [6.07, 6.45) is 1.62. The fourth-order valence-corrected chi connectivity index (χ4v) is 4.89. The average Bonchev–Trinajstić information content (AvgIpc) is 3.50. The van der Waals surface area contributed by atoms with Crippen molar-refractivity contribution in [1.29, 1.82) is 0 Å². The highest BCUT2D eigenvalue weighted by Gasteiger charge is 2.28. The van der Waals surface area contributed by atoms with Gasteiger partial charge in [-0.1, -0.05) is 30.3 Å². The average molecular weight is 438 g/mol. The molecule has 2 aromatic rings. The van der Waals surface area contributed by atoms with Gasteiger partial charge in [-0.3, -0.25) is 4.79 Å². The summed E-state index contributed by atoms with van der Waals surface area (Å²) in [7, 11) is -7.48. The number of hydrogen-bond donors (Lipinski definition) is 3. The van der Waals surface area contributed by atoms with Crippen LogP contribution < -0.4 is 14.8 Å². The molecule has 3 rings (SSSR count). The fourth-order valence-electron chi connectivity index (χ4n) is 2.55. The van der Waals surface area contributed by atoms with Crippen LogP contribution in [-0.2, 0) is 31.4 Å². The maximum Gasteiger partial charge on any atom is 0.240 e. The normalized spacial score (nSPS) is 14.5. The second-order valence-electron chi connectivity index (χ2n) is 6.78. The highest BCUT2D eigenvalue weighted by Crippen LogP contribution is 2.22. The lowest BCUT2D eigenvalue weighted by atomic mass is 10.2. The maximum atomic E-state index is 12.3. The highest BCUT2D eigenvalue weighted by molar-refractivity contribution is 7.90. The van der Waals surface area contributed by atoms with Crippen LogP contribution in [0.4, 0.5) is 0 Å². The zero-order valence-corrected chi connectivity index (χ0v) is 17.3. The van der Waals surface area contributed by atoms with E-state index in [-0.39, 0.29) is 34.7 Å². The first-order valence-corrected chi connectivity index (χ1v) is 12.2. The number of rotatable bonds is 10. The quantitative estimate of drug-likeness (QED) is 0.514. The van der Waals surface area contributed by atoms with Gasteiger partial charge in [0, 0.05) is 25.6 Å². The monoisotopic (exact) mass is 437 g/mol. The standard InChI is InChI=1S/C19H23N3O5S2/c23-19(20-14-15-4-2-1-3-5-15)12-13-21-28(24,25)17-8-10-18(11-9-17)29(26,27)22-16-6-7-16/h1-5,8-11,16,21-22H,6-7,12-14H2,(H,20,23). The van der Waals surface area contributed by atoms with Gasteiger partial charge in [-0.25, -0.2) is 26.3 Å². The third kappa shape index (κ3) is 6.36. The first-order chi connectivity index (χ1) is 13.8. The Morgan fingerprint density at radius 3 is 2.03 bits per heavy atom. The molecule has 1 saturated carbocycles. The molecule has 29 heavy (non-hydrogen) atoms. The lowest BCUT2D eigenvalue weighted by Gasteiger charge is -2.09. The third-order valence-corrected chi connectivity index (χ3v) is 7.33. The van der Waals surface area contributed by atoms with Crippen LogP contribution in [0.3, 0.4) is 0 Å². The van der Waals surface area contributed by atoms with Crippen molar-refractivity contribution in [3.63, 3.8) is 0 Å². The van der Waals surface area contributed by atoms with Crippen molar-refractivity contribution in [1.82, 2.24) is 14.8 Å². The van der Waals surface area contributed by atoms with Crippen LogP contribution >= 0.6 is 0 Å². The van der Waals surface area contributed by atoms with Crippen molar-refractivity contribution < 1.29 is 21.6 Å². The van der Waals surface area contributed by atoms with Crippen molar-refractivity contribution >= 4 is 26.0 Å². The topological polar surface area (TPSA) is 121 Å². The van der Waals surface area contributed by atoms with Gasteiger partial charge in [-0.2, -0.15) is 0 Å². The molecule has 1 amide bonds. The molecule has 156 valence electrons. The van der Waals surface area contributed by atoms with Crippen LogP contribution in [0.15, 0.2) is 64.4 Å². The smallest absolute Gasteiger partial charge is 0.240 e. The van der Waals surface area contributed by atoms with E-state index in [1.165, 1.54) is 24.3 Å². The van der Waals surface area contributed by atoms with Gasteiger partial charge >= 0.3 is 0 Å². The van der Waals surface area contributed by atoms with Gasteiger partial charge in [0.05, 0.1) is 9.79 Å². The van der Waals surface area contributed by atoms with Crippen molar-refractivity contribution in [2.45, 2.75) is 41.6 Å².